The van der Waals surface area contributed by atoms with Crippen LogP contribution in [0.25, 0.3) is 0 Å². The van der Waals surface area contributed by atoms with E-state index in [9.17, 15) is 18.7 Å². The lowest BCUT2D eigenvalue weighted by atomic mass is 10.1. The lowest BCUT2D eigenvalue weighted by molar-refractivity contribution is 0.0521. The van der Waals surface area contributed by atoms with Crippen LogP contribution in [0.1, 0.15) is 35.1 Å². The molecule has 94 valence electrons. The normalized spacial score (nSPS) is 10.6. The molecule has 0 aromatic carbocycles. The molecule has 0 amide bonds. The van der Waals surface area contributed by atoms with Crippen LogP contribution in [-0.4, -0.2) is 22.7 Å². The van der Waals surface area contributed by atoms with Gasteiger partial charge < -0.3 is 9.84 Å². The van der Waals surface area contributed by atoms with E-state index in [-0.39, 0.29) is 23.2 Å². The van der Waals surface area contributed by atoms with Gasteiger partial charge in [-0.25, -0.2) is 18.6 Å². The van der Waals surface area contributed by atoms with E-state index >= 15 is 0 Å². The smallest absolute Gasteiger partial charge is 0.342 e. The van der Waals surface area contributed by atoms with E-state index in [2.05, 4.69) is 25.7 Å². The number of halogens is 3. The quantitative estimate of drug-likeness (QED) is 0.686. The maximum atomic E-state index is 12.6. The van der Waals surface area contributed by atoms with Crippen LogP contribution in [0.5, 0.6) is 5.75 Å². The fourth-order valence-electron chi connectivity index (χ4n) is 1.20. The third-order valence-electron chi connectivity index (χ3n) is 1.91. The van der Waals surface area contributed by atoms with Crippen molar-refractivity contribution in [2.75, 3.05) is 6.61 Å². The van der Waals surface area contributed by atoms with Gasteiger partial charge in [0.05, 0.1) is 12.3 Å². The van der Waals surface area contributed by atoms with Gasteiger partial charge in [0.25, 0.3) is 6.43 Å². The summed E-state index contributed by atoms with van der Waals surface area (Å²) in [5.41, 5.74) is -0.891. The van der Waals surface area contributed by atoms with Crippen molar-refractivity contribution in [1.82, 2.24) is 4.98 Å². The molecule has 1 heterocycles. The Morgan fingerprint density at radius 1 is 1.65 bits per heavy atom. The zero-order chi connectivity index (χ0) is 13.0. The Bertz CT molecular complexity index is 426. The average molecular weight is 310 g/mol. The van der Waals surface area contributed by atoms with Crippen LogP contribution in [0.4, 0.5) is 8.78 Å². The number of pyridine rings is 1. The number of alkyl halides is 3. The summed E-state index contributed by atoms with van der Waals surface area (Å²) in [5.74, 6) is -1.68. The van der Waals surface area contributed by atoms with Gasteiger partial charge >= 0.3 is 5.97 Å². The molecule has 0 unspecified atom stereocenters. The van der Waals surface area contributed by atoms with Crippen molar-refractivity contribution in [1.29, 1.82) is 0 Å². The summed E-state index contributed by atoms with van der Waals surface area (Å²) < 4.78 is 29.8. The Hall–Kier alpha value is -1.24. The number of esters is 1. The average Bonchev–Trinajstić information content (AvgIpc) is 2.29. The Kier molecular flexibility index (Phi) is 4.80. The fraction of sp³-hybridized carbons (Fsp3) is 0.400. The molecule has 0 radical (unpaired) electrons. The Balaban J connectivity index is 3.28. The highest BCUT2D eigenvalue weighted by atomic mass is 79.9. The minimum absolute atomic E-state index is 0.0915. The zero-order valence-corrected chi connectivity index (χ0v) is 10.5. The molecule has 0 spiro atoms. The van der Waals surface area contributed by atoms with Gasteiger partial charge in [-0.2, -0.15) is 0 Å². The number of aromatic hydroxyl groups is 1. The molecule has 0 saturated heterocycles. The molecule has 0 aliphatic carbocycles. The molecule has 0 atom stereocenters. The van der Waals surface area contributed by atoms with Gasteiger partial charge in [-0.15, -0.1) is 0 Å². The van der Waals surface area contributed by atoms with E-state index in [4.69, 9.17) is 0 Å². The number of nitrogens with zero attached hydrogens (tertiary/aromatic N) is 1. The number of carbonyl (C=O) groups is 1. The second-order valence-corrected chi connectivity index (χ2v) is 3.61. The lowest BCUT2D eigenvalue weighted by Crippen LogP contribution is -2.08. The summed E-state index contributed by atoms with van der Waals surface area (Å²) in [4.78, 5) is 15.0. The molecule has 1 rings (SSSR count). The SMILES string of the molecule is CCOC(=O)c1cc(CBr)nc(C(F)F)c1O. The van der Waals surface area contributed by atoms with Crippen LogP contribution >= 0.6 is 15.9 Å². The van der Waals surface area contributed by atoms with Gasteiger partial charge in [0.1, 0.15) is 11.3 Å². The van der Waals surface area contributed by atoms with Gasteiger partial charge in [0.2, 0.25) is 0 Å². The first kappa shape index (κ1) is 13.8. The highest BCUT2D eigenvalue weighted by Crippen LogP contribution is 2.31. The van der Waals surface area contributed by atoms with Gasteiger partial charge in [0.15, 0.2) is 5.75 Å². The summed E-state index contributed by atoms with van der Waals surface area (Å²) in [7, 11) is 0. The molecule has 1 aromatic rings. The third-order valence-corrected chi connectivity index (χ3v) is 2.49. The van der Waals surface area contributed by atoms with Gasteiger partial charge in [-0.3, -0.25) is 0 Å². The Labute approximate surface area is 105 Å². The van der Waals surface area contributed by atoms with Crippen molar-refractivity contribution >= 4 is 21.9 Å². The number of hydrogen-bond donors (Lipinski definition) is 1. The standard InChI is InChI=1S/C10H10BrF2NO3/c1-2-17-10(16)6-3-5(4-11)14-7(8(6)15)9(12)13/h3,9,15H,2,4H2,1H3. The van der Waals surface area contributed by atoms with Crippen LogP contribution in [0.15, 0.2) is 6.07 Å². The number of rotatable bonds is 4. The minimum atomic E-state index is -2.96. The molecule has 0 fully saturated rings. The number of hydrogen-bond acceptors (Lipinski definition) is 4. The largest absolute Gasteiger partial charge is 0.505 e. The highest BCUT2D eigenvalue weighted by molar-refractivity contribution is 9.08. The summed E-state index contributed by atoms with van der Waals surface area (Å²) >= 11 is 3.05. The Morgan fingerprint density at radius 3 is 2.76 bits per heavy atom. The lowest BCUT2D eigenvalue weighted by Gasteiger charge is -2.09. The van der Waals surface area contributed by atoms with Crippen LogP contribution < -0.4 is 0 Å². The second kappa shape index (κ2) is 5.90. The Morgan fingerprint density at radius 2 is 2.29 bits per heavy atom. The molecular formula is C10H10BrF2NO3. The van der Waals surface area contributed by atoms with E-state index < -0.39 is 23.8 Å². The summed E-state index contributed by atoms with van der Waals surface area (Å²) in [6, 6.07) is 1.22. The molecule has 1 N–H and O–H groups in total. The van der Waals surface area contributed by atoms with Gasteiger partial charge in [0, 0.05) is 5.33 Å². The predicted octanol–water partition coefficient (Wildman–Crippen LogP) is 2.80. The number of ether oxygens (including phenoxy) is 1. The molecule has 17 heavy (non-hydrogen) atoms. The van der Waals surface area contributed by atoms with Crippen LogP contribution in [0, 0.1) is 0 Å². The second-order valence-electron chi connectivity index (χ2n) is 3.05. The van der Waals surface area contributed by atoms with Crippen molar-refractivity contribution < 1.29 is 23.4 Å². The van der Waals surface area contributed by atoms with Gasteiger partial charge in [-0.05, 0) is 13.0 Å². The highest BCUT2D eigenvalue weighted by Gasteiger charge is 2.23. The van der Waals surface area contributed by atoms with E-state index in [0.717, 1.165) is 0 Å². The molecular weight excluding hydrogens is 300 g/mol. The van der Waals surface area contributed by atoms with Crippen LogP contribution in [-0.2, 0) is 10.1 Å². The molecule has 0 aliphatic rings. The van der Waals surface area contributed by atoms with Crippen molar-refractivity contribution in [3.05, 3.63) is 23.0 Å². The molecule has 7 heteroatoms. The third kappa shape index (κ3) is 3.12. The van der Waals surface area contributed by atoms with Crippen molar-refractivity contribution in [3.63, 3.8) is 0 Å². The first-order valence-electron chi connectivity index (χ1n) is 4.75. The van der Waals surface area contributed by atoms with Crippen molar-refractivity contribution in [2.24, 2.45) is 0 Å². The van der Waals surface area contributed by atoms with E-state index in [1.807, 2.05) is 0 Å². The first-order valence-corrected chi connectivity index (χ1v) is 5.87. The molecule has 0 saturated carbocycles. The van der Waals surface area contributed by atoms with Crippen molar-refractivity contribution in [2.45, 2.75) is 18.7 Å². The van der Waals surface area contributed by atoms with E-state index in [1.54, 1.807) is 6.92 Å². The van der Waals surface area contributed by atoms with Gasteiger partial charge in [-0.1, -0.05) is 15.9 Å². The monoisotopic (exact) mass is 309 g/mol. The maximum absolute atomic E-state index is 12.6. The fourth-order valence-corrected chi connectivity index (χ4v) is 1.49. The topological polar surface area (TPSA) is 59.4 Å². The minimum Gasteiger partial charge on any atom is -0.505 e. The van der Waals surface area contributed by atoms with Crippen LogP contribution in [0.3, 0.4) is 0 Å². The molecule has 0 bridgehead atoms. The molecule has 4 nitrogen and oxygen atoms in total. The molecule has 0 aliphatic heterocycles. The zero-order valence-electron chi connectivity index (χ0n) is 8.91. The summed E-state index contributed by atoms with van der Waals surface area (Å²) in [6.07, 6.45) is -2.96. The first-order chi connectivity index (χ1) is 8.01. The molecule has 1 aromatic heterocycles. The maximum Gasteiger partial charge on any atom is 0.342 e. The summed E-state index contributed by atoms with van der Waals surface area (Å²) in [5, 5.41) is 9.71. The van der Waals surface area contributed by atoms with E-state index in [1.165, 1.54) is 6.07 Å². The predicted molar refractivity (Wildman–Crippen MR) is 59.4 cm³/mol. The summed E-state index contributed by atoms with van der Waals surface area (Å²) in [6.45, 7) is 1.67. The van der Waals surface area contributed by atoms with Crippen molar-refractivity contribution in [3.8, 4) is 5.75 Å². The van der Waals surface area contributed by atoms with Crippen LogP contribution in [0.2, 0.25) is 0 Å². The van der Waals surface area contributed by atoms with E-state index in [0.29, 0.717) is 0 Å². The number of aromatic nitrogens is 1. The number of carbonyl (C=O) groups excluding carboxylic acids is 1.